The van der Waals surface area contributed by atoms with Crippen molar-refractivity contribution in [3.63, 3.8) is 0 Å². The van der Waals surface area contributed by atoms with Gasteiger partial charge in [-0.1, -0.05) is 6.92 Å². The molecule has 7 heteroatoms. The third-order valence-electron chi connectivity index (χ3n) is 2.11. The van der Waals surface area contributed by atoms with Crippen LogP contribution in [-0.4, -0.2) is 27.5 Å². The van der Waals surface area contributed by atoms with E-state index >= 15 is 0 Å². The predicted octanol–water partition coefficient (Wildman–Crippen LogP) is 1.51. The van der Waals surface area contributed by atoms with E-state index in [0.717, 1.165) is 0 Å². The molecule has 7 nitrogen and oxygen atoms in total. The SMILES string of the molecule is CC(CNc1cc([N+](=O)[O-])ccn1)CC(=O)O. The smallest absolute Gasteiger partial charge is 0.303 e. The van der Waals surface area contributed by atoms with Crippen molar-refractivity contribution in [2.75, 3.05) is 11.9 Å². The normalized spacial score (nSPS) is 11.8. The van der Waals surface area contributed by atoms with Crippen LogP contribution in [0, 0.1) is 16.0 Å². The summed E-state index contributed by atoms with van der Waals surface area (Å²) >= 11 is 0. The Kier molecular flexibility index (Phi) is 4.38. The van der Waals surface area contributed by atoms with Crippen molar-refractivity contribution in [2.45, 2.75) is 13.3 Å². The number of anilines is 1. The van der Waals surface area contributed by atoms with Gasteiger partial charge in [0.05, 0.1) is 11.0 Å². The molecule has 1 heterocycles. The first-order valence-corrected chi connectivity index (χ1v) is 5.05. The number of carboxylic acids is 1. The van der Waals surface area contributed by atoms with Gasteiger partial charge in [0.15, 0.2) is 0 Å². The highest BCUT2D eigenvalue weighted by Gasteiger charge is 2.09. The molecule has 0 spiro atoms. The Morgan fingerprint density at radius 1 is 1.71 bits per heavy atom. The highest BCUT2D eigenvalue weighted by Crippen LogP contribution is 2.14. The van der Waals surface area contributed by atoms with E-state index in [1.165, 1.54) is 18.3 Å². The summed E-state index contributed by atoms with van der Waals surface area (Å²) in [6.07, 6.45) is 1.38. The van der Waals surface area contributed by atoms with Crippen LogP contribution in [0.1, 0.15) is 13.3 Å². The third-order valence-corrected chi connectivity index (χ3v) is 2.11. The molecule has 92 valence electrons. The van der Waals surface area contributed by atoms with Crippen LogP contribution in [0.5, 0.6) is 0 Å². The molecular formula is C10H13N3O4. The minimum absolute atomic E-state index is 0.0436. The van der Waals surface area contributed by atoms with Crippen LogP contribution in [0.3, 0.4) is 0 Å². The summed E-state index contributed by atoms with van der Waals surface area (Å²) in [5.41, 5.74) is -0.0478. The molecule has 0 radical (unpaired) electrons. The lowest BCUT2D eigenvalue weighted by Gasteiger charge is -2.10. The number of nitrogens with one attached hydrogen (secondary N) is 1. The van der Waals surface area contributed by atoms with E-state index in [0.29, 0.717) is 12.4 Å². The summed E-state index contributed by atoms with van der Waals surface area (Å²) in [4.78, 5) is 24.3. The Morgan fingerprint density at radius 2 is 2.41 bits per heavy atom. The van der Waals surface area contributed by atoms with Crippen molar-refractivity contribution in [3.8, 4) is 0 Å². The molecule has 2 N–H and O–H groups in total. The number of carbonyl (C=O) groups is 1. The molecule has 17 heavy (non-hydrogen) atoms. The van der Waals surface area contributed by atoms with Gasteiger partial charge < -0.3 is 10.4 Å². The summed E-state index contributed by atoms with van der Waals surface area (Å²) in [5.74, 6) is -0.573. The molecule has 1 rings (SSSR count). The van der Waals surface area contributed by atoms with Gasteiger partial charge in [0.1, 0.15) is 5.82 Å². The van der Waals surface area contributed by atoms with Crippen molar-refractivity contribution in [1.82, 2.24) is 4.98 Å². The number of nitrogens with zero attached hydrogens (tertiary/aromatic N) is 2. The molecule has 0 aromatic carbocycles. The van der Waals surface area contributed by atoms with E-state index < -0.39 is 10.9 Å². The second-order valence-corrected chi connectivity index (χ2v) is 3.74. The molecule has 0 saturated carbocycles. The fourth-order valence-electron chi connectivity index (χ4n) is 1.28. The topological polar surface area (TPSA) is 105 Å². The zero-order valence-electron chi connectivity index (χ0n) is 9.29. The number of rotatable bonds is 6. The van der Waals surface area contributed by atoms with Gasteiger partial charge in [-0.2, -0.15) is 0 Å². The molecule has 1 aromatic heterocycles. The van der Waals surface area contributed by atoms with E-state index in [9.17, 15) is 14.9 Å². The van der Waals surface area contributed by atoms with Gasteiger partial charge in [0.25, 0.3) is 5.69 Å². The molecule has 0 fully saturated rings. The van der Waals surface area contributed by atoms with Crippen molar-refractivity contribution in [1.29, 1.82) is 0 Å². The summed E-state index contributed by atoms with van der Waals surface area (Å²) in [6, 6.07) is 2.61. The molecule has 1 atom stereocenters. The van der Waals surface area contributed by atoms with Crippen LogP contribution < -0.4 is 5.32 Å². The van der Waals surface area contributed by atoms with E-state index in [1.807, 2.05) is 0 Å². The maximum atomic E-state index is 10.5. The number of hydrogen-bond donors (Lipinski definition) is 2. The number of nitro groups is 1. The van der Waals surface area contributed by atoms with Gasteiger partial charge >= 0.3 is 5.97 Å². The van der Waals surface area contributed by atoms with Gasteiger partial charge in [-0.15, -0.1) is 0 Å². The van der Waals surface area contributed by atoms with Gasteiger partial charge in [-0.05, 0) is 5.92 Å². The van der Waals surface area contributed by atoms with Crippen molar-refractivity contribution in [2.24, 2.45) is 5.92 Å². The van der Waals surface area contributed by atoms with Crippen LogP contribution in [0.2, 0.25) is 0 Å². The van der Waals surface area contributed by atoms with E-state index in [1.54, 1.807) is 6.92 Å². The lowest BCUT2D eigenvalue weighted by Crippen LogP contribution is -2.15. The lowest BCUT2D eigenvalue weighted by molar-refractivity contribution is -0.384. The Balaban J connectivity index is 2.54. The summed E-state index contributed by atoms with van der Waals surface area (Å²) < 4.78 is 0. The van der Waals surface area contributed by atoms with Gasteiger partial charge in [0, 0.05) is 25.2 Å². The number of aromatic nitrogens is 1. The molecule has 0 bridgehead atoms. The Labute approximate surface area is 97.6 Å². The first-order chi connectivity index (χ1) is 7.99. The molecule has 0 amide bonds. The second-order valence-electron chi connectivity index (χ2n) is 3.74. The van der Waals surface area contributed by atoms with Crippen LogP contribution in [0.25, 0.3) is 0 Å². The standard InChI is InChI=1S/C10H13N3O4/c1-7(4-10(14)15)6-12-9-5-8(13(16)17)2-3-11-9/h2-3,5,7H,4,6H2,1H3,(H,11,12)(H,14,15). The Hall–Kier alpha value is -2.18. The number of aliphatic carboxylic acids is 1. The zero-order valence-corrected chi connectivity index (χ0v) is 9.29. The number of hydrogen-bond acceptors (Lipinski definition) is 5. The fourth-order valence-corrected chi connectivity index (χ4v) is 1.28. The average Bonchev–Trinajstić information content (AvgIpc) is 2.26. The van der Waals surface area contributed by atoms with E-state index in [2.05, 4.69) is 10.3 Å². The lowest BCUT2D eigenvalue weighted by atomic mass is 10.1. The molecule has 0 aliphatic rings. The molecule has 1 unspecified atom stereocenters. The monoisotopic (exact) mass is 239 g/mol. The number of carboxylic acid groups (broad SMARTS) is 1. The van der Waals surface area contributed by atoms with Gasteiger partial charge in [0.2, 0.25) is 0 Å². The minimum atomic E-state index is -0.869. The van der Waals surface area contributed by atoms with Crippen molar-refractivity contribution >= 4 is 17.5 Å². The first-order valence-electron chi connectivity index (χ1n) is 5.05. The number of pyridine rings is 1. The van der Waals surface area contributed by atoms with Crippen LogP contribution in [0.4, 0.5) is 11.5 Å². The van der Waals surface area contributed by atoms with Crippen LogP contribution in [0.15, 0.2) is 18.3 Å². The quantitative estimate of drug-likeness (QED) is 0.575. The van der Waals surface area contributed by atoms with Crippen LogP contribution in [-0.2, 0) is 4.79 Å². The minimum Gasteiger partial charge on any atom is -0.481 e. The van der Waals surface area contributed by atoms with Crippen molar-refractivity contribution in [3.05, 3.63) is 28.4 Å². The maximum absolute atomic E-state index is 10.5. The average molecular weight is 239 g/mol. The Bertz CT molecular complexity index is 422. The molecule has 0 saturated heterocycles. The second kappa shape index (κ2) is 5.78. The molecular weight excluding hydrogens is 226 g/mol. The Morgan fingerprint density at radius 3 is 3.00 bits per heavy atom. The molecule has 0 aliphatic heterocycles. The van der Waals surface area contributed by atoms with E-state index in [4.69, 9.17) is 5.11 Å². The predicted molar refractivity (Wildman–Crippen MR) is 60.8 cm³/mol. The zero-order chi connectivity index (χ0) is 12.8. The largest absolute Gasteiger partial charge is 0.481 e. The summed E-state index contributed by atoms with van der Waals surface area (Å²) in [7, 11) is 0. The summed E-state index contributed by atoms with van der Waals surface area (Å²) in [5, 5.41) is 21.9. The maximum Gasteiger partial charge on any atom is 0.303 e. The highest BCUT2D eigenvalue weighted by molar-refractivity contribution is 5.67. The highest BCUT2D eigenvalue weighted by atomic mass is 16.6. The first kappa shape index (κ1) is 12.9. The fraction of sp³-hybridized carbons (Fsp3) is 0.400. The van der Waals surface area contributed by atoms with Gasteiger partial charge in [-0.25, -0.2) is 4.98 Å². The molecule has 1 aromatic rings. The summed E-state index contributed by atoms with van der Waals surface area (Å²) in [6.45, 7) is 2.18. The van der Waals surface area contributed by atoms with Crippen molar-refractivity contribution < 1.29 is 14.8 Å². The van der Waals surface area contributed by atoms with Crippen LogP contribution >= 0.6 is 0 Å². The third kappa shape index (κ3) is 4.45. The molecule has 0 aliphatic carbocycles. The van der Waals surface area contributed by atoms with Gasteiger partial charge in [-0.3, -0.25) is 14.9 Å². The van der Waals surface area contributed by atoms with E-state index in [-0.39, 0.29) is 18.0 Å².